The van der Waals surface area contributed by atoms with Crippen molar-refractivity contribution in [1.82, 2.24) is 19.9 Å². The van der Waals surface area contributed by atoms with E-state index in [0.717, 1.165) is 45.3 Å². The summed E-state index contributed by atoms with van der Waals surface area (Å²) in [6.45, 7) is 7.32. The number of rotatable bonds is 6. The number of phenolic OH excluding ortho intramolecular Hbond substituents is 1. The first-order valence-corrected chi connectivity index (χ1v) is 16.3. The fraction of sp³-hybridized carbons (Fsp3) is 0.514. The molecule has 3 saturated heterocycles. The van der Waals surface area contributed by atoms with E-state index in [0.29, 0.717) is 64.7 Å². The first-order chi connectivity index (χ1) is 21.7. The third kappa shape index (κ3) is 4.62. The second-order valence-electron chi connectivity index (χ2n) is 13.7. The Labute approximate surface area is 260 Å². The average Bonchev–Trinajstić information content (AvgIpc) is 3.60. The normalized spacial score (nSPS) is 28.0. The summed E-state index contributed by atoms with van der Waals surface area (Å²) in [6.07, 6.45) is 5.77. The number of aromatic nitrogens is 3. The van der Waals surface area contributed by atoms with Gasteiger partial charge in [0.25, 0.3) is 0 Å². The fourth-order valence-electron chi connectivity index (χ4n) is 8.84. The largest absolute Gasteiger partial charge is 0.508 e. The predicted octanol–water partition coefficient (Wildman–Crippen LogP) is 6.83. The smallest absolute Gasteiger partial charge is 0.319 e. The van der Waals surface area contributed by atoms with E-state index in [1.54, 1.807) is 12.3 Å². The maximum Gasteiger partial charge on any atom is 0.319 e. The van der Waals surface area contributed by atoms with Gasteiger partial charge in [0.15, 0.2) is 5.82 Å². The molecule has 1 aliphatic carbocycles. The number of fused-ring (bicyclic) bond motifs is 5. The van der Waals surface area contributed by atoms with Crippen molar-refractivity contribution in [3.05, 3.63) is 47.7 Å². The Hall–Kier alpha value is -3.66. The molecule has 0 spiro atoms. The lowest BCUT2D eigenvalue weighted by Gasteiger charge is -2.37. The number of benzene rings is 2. The molecule has 8 rings (SSSR count). The molecule has 45 heavy (non-hydrogen) atoms. The van der Waals surface area contributed by atoms with Crippen LogP contribution < -0.4 is 9.64 Å². The van der Waals surface area contributed by atoms with E-state index in [1.807, 2.05) is 6.92 Å². The van der Waals surface area contributed by atoms with Crippen molar-refractivity contribution in [2.45, 2.75) is 64.1 Å². The molecule has 7 nitrogen and oxygen atoms in total. The third-order valence-corrected chi connectivity index (χ3v) is 11.3. The molecular formula is C35H38F3N5O2. The van der Waals surface area contributed by atoms with E-state index in [-0.39, 0.29) is 35.1 Å². The SMILES string of the molecule is CCc1c(O)cc(-c2ncc3c(N4C[C@H]5CC[C@@H](C4)C5C)nc(OC[C@@]45CCCN4C[C@H](F)C5)nc3c2F)c2cc(F)ccc12. The van der Waals surface area contributed by atoms with E-state index >= 15 is 4.39 Å². The lowest BCUT2D eigenvalue weighted by Crippen LogP contribution is -2.43. The number of hydrogen-bond donors (Lipinski definition) is 1. The molecule has 5 heterocycles. The van der Waals surface area contributed by atoms with Crippen LogP contribution in [-0.2, 0) is 6.42 Å². The van der Waals surface area contributed by atoms with Crippen molar-refractivity contribution < 1.29 is 23.0 Å². The Morgan fingerprint density at radius 1 is 1.04 bits per heavy atom. The minimum absolute atomic E-state index is 0.00122. The second kappa shape index (κ2) is 10.7. The molecule has 1 N–H and O–H groups in total. The van der Waals surface area contributed by atoms with E-state index in [4.69, 9.17) is 9.72 Å². The second-order valence-corrected chi connectivity index (χ2v) is 13.7. The zero-order valence-corrected chi connectivity index (χ0v) is 25.7. The summed E-state index contributed by atoms with van der Waals surface area (Å²) in [5, 5.41) is 12.5. The third-order valence-electron chi connectivity index (χ3n) is 11.3. The van der Waals surface area contributed by atoms with Gasteiger partial charge in [0.1, 0.15) is 41.4 Å². The molecule has 3 aliphatic heterocycles. The summed E-state index contributed by atoms with van der Waals surface area (Å²) < 4.78 is 52.1. The predicted molar refractivity (Wildman–Crippen MR) is 167 cm³/mol. The molecule has 2 aromatic heterocycles. The zero-order valence-electron chi connectivity index (χ0n) is 25.7. The van der Waals surface area contributed by atoms with Gasteiger partial charge in [-0.25, -0.2) is 13.2 Å². The number of piperidine rings is 1. The number of alkyl halides is 1. The van der Waals surface area contributed by atoms with Crippen molar-refractivity contribution in [3.8, 4) is 23.0 Å². The van der Waals surface area contributed by atoms with E-state index < -0.39 is 23.3 Å². The molecule has 10 heteroatoms. The molecule has 0 amide bonds. The van der Waals surface area contributed by atoms with Gasteiger partial charge in [-0.05, 0) is 85.4 Å². The highest BCUT2D eigenvalue weighted by atomic mass is 19.1. The summed E-state index contributed by atoms with van der Waals surface area (Å²) in [6, 6.07) is 5.82. The maximum atomic E-state index is 16.8. The standard InChI is InChI=1S/C35H38F3N5O2/c1-3-24-25-8-7-22(36)11-26(25)27(12-29(24)44)31-30(38)32-28(14-39-31)33(42-15-20-5-6-21(16-42)19(20)2)41-34(40-32)45-18-35-9-4-10-43(35)17-23(37)13-35/h7-8,11-12,14,19-21,23,44H,3-6,9-10,13,15-18H2,1-2H3/t19?,20-,21+,23-,35+/m1/s1. The lowest BCUT2D eigenvalue weighted by molar-refractivity contribution is 0.107. The highest BCUT2D eigenvalue weighted by Gasteiger charge is 2.49. The van der Waals surface area contributed by atoms with Gasteiger partial charge in [-0.3, -0.25) is 9.88 Å². The van der Waals surface area contributed by atoms with Crippen LogP contribution in [0.4, 0.5) is 19.0 Å². The quantitative estimate of drug-likeness (QED) is 0.254. The molecule has 236 valence electrons. The number of pyridine rings is 1. The molecule has 1 saturated carbocycles. The Morgan fingerprint density at radius 3 is 2.62 bits per heavy atom. The van der Waals surface area contributed by atoms with Crippen LogP contribution in [0.3, 0.4) is 0 Å². The van der Waals surface area contributed by atoms with Gasteiger partial charge in [-0.2, -0.15) is 9.97 Å². The molecule has 4 aromatic rings. The van der Waals surface area contributed by atoms with Gasteiger partial charge >= 0.3 is 6.01 Å². The molecule has 2 bridgehead atoms. The van der Waals surface area contributed by atoms with Crippen LogP contribution in [0.5, 0.6) is 11.8 Å². The van der Waals surface area contributed by atoms with Crippen molar-refractivity contribution in [3.63, 3.8) is 0 Å². The van der Waals surface area contributed by atoms with Gasteiger partial charge in [0.05, 0.1) is 10.9 Å². The molecule has 4 fully saturated rings. The van der Waals surface area contributed by atoms with Crippen LogP contribution >= 0.6 is 0 Å². The van der Waals surface area contributed by atoms with Crippen molar-refractivity contribution in [2.75, 3.05) is 37.7 Å². The maximum absolute atomic E-state index is 16.8. The molecule has 2 aromatic carbocycles. The highest BCUT2D eigenvalue weighted by Crippen LogP contribution is 2.45. The van der Waals surface area contributed by atoms with E-state index in [2.05, 4.69) is 26.7 Å². The summed E-state index contributed by atoms with van der Waals surface area (Å²) in [4.78, 5) is 18.4. The van der Waals surface area contributed by atoms with Gasteiger partial charge in [-0.15, -0.1) is 0 Å². The molecule has 1 unspecified atom stereocenters. The number of nitrogens with zero attached hydrogens (tertiary/aromatic N) is 5. The molecule has 0 radical (unpaired) electrons. The Kier molecular flexibility index (Phi) is 6.85. The number of halogens is 3. The Balaban J connectivity index is 1.26. The highest BCUT2D eigenvalue weighted by molar-refractivity contribution is 6.01. The number of anilines is 1. The number of aryl methyl sites for hydroxylation is 1. The molecular weight excluding hydrogens is 579 g/mol. The van der Waals surface area contributed by atoms with Gasteiger partial charge in [-0.1, -0.05) is 19.9 Å². The minimum atomic E-state index is -0.894. The molecule has 4 aliphatic rings. The first kappa shape index (κ1) is 28.8. The van der Waals surface area contributed by atoms with Crippen LogP contribution in [0.15, 0.2) is 30.5 Å². The van der Waals surface area contributed by atoms with Crippen LogP contribution in [0, 0.1) is 29.4 Å². The number of ether oxygens (including phenoxy) is 1. The van der Waals surface area contributed by atoms with Crippen molar-refractivity contribution in [1.29, 1.82) is 0 Å². The Bertz CT molecular complexity index is 1810. The van der Waals surface area contributed by atoms with Crippen molar-refractivity contribution >= 4 is 27.5 Å². The zero-order chi connectivity index (χ0) is 31.0. The summed E-state index contributed by atoms with van der Waals surface area (Å²) in [7, 11) is 0. The number of aromatic hydroxyl groups is 1. The van der Waals surface area contributed by atoms with Crippen LogP contribution in [0.2, 0.25) is 0 Å². The fourth-order valence-corrected chi connectivity index (χ4v) is 8.84. The topological polar surface area (TPSA) is 74.6 Å². The van der Waals surface area contributed by atoms with Crippen LogP contribution in [0.25, 0.3) is 32.9 Å². The lowest BCUT2D eigenvalue weighted by atomic mass is 9.87. The minimum Gasteiger partial charge on any atom is -0.508 e. The average molecular weight is 618 g/mol. The first-order valence-electron chi connectivity index (χ1n) is 16.3. The van der Waals surface area contributed by atoms with Gasteiger partial charge < -0.3 is 14.7 Å². The van der Waals surface area contributed by atoms with Crippen LogP contribution in [-0.4, -0.2) is 69.5 Å². The summed E-state index contributed by atoms with van der Waals surface area (Å²) in [5.41, 5.74) is 0.570. The number of phenols is 1. The van der Waals surface area contributed by atoms with Gasteiger partial charge in [0, 0.05) is 43.4 Å². The summed E-state index contributed by atoms with van der Waals surface area (Å²) in [5.74, 6) is 1.13. The van der Waals surface area contributed by atoms with Crippen LogP contribution in [0.1, 0.15) is 51.5 Å². The van der Waals surface area contributed by atoms with Crippen molar-refractivity contribution in [2.24, 2.45) is 17.8 Å². The Morgan fingerprint density at radius 2 is 1.84 bits per heavy atom. The molecule has 5 atom stereocenters. The van der Waals surface area contributed by atoms with E-state index in [1.165, 1.54) is 18.2 Å². The monoisotopic (exact) mass is 617 g/mol. The van der Waals surface area contributed by atoms with Gasteiger partial charge in [0.2, 0.25) is 0 Å². The van der Waals surface area contributed by atoms with E-state index in [9.17, 15) is 13.9 Å². The number of hydrogen-bond acceptors (Lipinski definition) is 7. The summed E-state index contributed by atoms with van der Waals surface area (Å²) >= 11 is 0.